The average Bonchev–Trinajstić information content (AvgIpc) is 4.24. The zero-order chi connectivity index (χ0) is 51.8. The van der Waals surface area contributed by atoms with Crippen LogP contribution in [-0.4, -0.2) is 142 Å². The van der Waals surface area contributed by atoms with Crippen LogP contribution in [0.15, 0.2) is 82.1 Å². The van der Waals surface area contributed by atoms with Gasteiger partial charge in [0.1, 0.15) is 22.9 Å². The van der Waals surface area contributed by atoms with Gasteiger partial charge in [-0.3, -0.25) is 23.7 Å². The summed E-state index contributed by atoms with van der Waals surface area (Å²) in [5.41, 5.74) is 11.5. The van der Waals surface area contributed by atoms with E-state index in [1.807, 2.05) is 73.7 Å². The molecule has 2 aromatic carbocycles. The third kappa shape index (κ3) is 12.2. The Bertz CT molecular complexity index is 3220. The second-order valence-corrected chi connectivity index (χ2v) is 17.5. The Kier molecular flexibility index (Phi) is 17.1. The number of carbonyl (C=O) groups is 4. The van der Waals surface area contributed by atoms with Crippen LogP contribution in [0.1, 0.15) is 89.1 Å². The van der Waals surface area contributed by atoms with Crippen LogP contribution in [0.3, 0.4) is 0 Å². The van der Waals surface area contributed by atoms with Gasteiger partial charge in [0.2, 0.25) is 35.2 Å². The summed E-state index contributed by atoms with van der Waals surface area (Å²) in [6.07, 6.45) is 5.87. The van der Waals surface area contributed by atoms with Crippen molar-refractivity contribution in [3.8, 4) is 34.3 Å². The van der Waals surface area contributed by atoms with Gasteiger partial charge in [-0.25, -0.2) is 14.8 Å². The summed E-state index contributed by atoms with van der Waals surface area (Å²) in [6.45, 7) is 6.42. The molecule has 0 unspecified atom stereocenters. The minimum Gasteiger partial charge on any atom is -0.495 e. The van der Waals surface area contributed by atoms with E-state index in [0.29, 0.717) is 73.9 Å². The number of piperidine rings is 2. The van der Waals surface area contributed by atoms with E-state index in [1.54, 1.807) is 28.0 Å². The van der Waals surface area contributed by atoms with Crippen molar-refractivity contribution in [3.63, 3.8) is 0 Å². The lowest BCUT2D eigenvalue weighted by molar-refractivity contribution is -0.131. The molecule has 0 saturated carbocycles. The molecule has 0 bridgehead atoms. The first kappa shape index (κ1) is 53.2. The van der Waals surface area contributed by atoms with E-state index in [2.05, 4.69) is 45.8 Å². The van der Waals surface area contributed by atoms with E-state index < -0.39 is 11.9 Å². The van der Waals surface area contributed by atoms with Crippen LogP contribution < -0.4 is 20.5 Å². The number of amides is 3. The number of carboxylic acids is 1. The Morgan fingerprint density at radius 3 is 1.53 bits per heavy atom. The largest absolute Gasteiger partial charge is 0.495 e. The number of nitrogens with one attached hydrogen (secondary N) is 1. The Balaban J connectivity index is 0.000000183. The number of pyridine rings is 2. The maximum Gasteiger partial charge on any atom is 0.354 e. The summed E-state index contributed by atoms with van der Waals surface area (Å²) in [5, 5.41) is 30.5. The van der Waals surface area contributed by atoms with Crippen LogP contribution in [0, 0.1) is 13.8 Å². The highest BCUT2D eigenvalue weighted by atomic mass is 16.5. The smallest absolute Gasteiger partial charge is 0.354 e. The SMILES string of the molecule is C.COc1ccc(C(=O)NCC(=O)N2CCC(c3nc(-c4ccc5c(C)nn(C)c5c4)no3)CC2)nc1.COc1ccc(C(=O)O)nc1.Cc1nn(C)c2cc(-c3noc(C4CCN(C(=O)CN)CC4)n3)ccc12. The van der Waals surface area contributed by atoms with Crippen molar-refractivity contribution in [2.75, 3.05) is 53.5 Å². The van der Waals surface area contributed by atoms with Gasteiger partial charge in [-0.05, 0) is 75.9 Å². The van der Waals surface area contributed by atoms with Gasteiger partial charge in [-0.2, -0.15) is 20.2 Å². The normalized spacial score (nSPS) is 13.8. The number of hydrogen-bond acceptors (Lipinski definition) is 17. The molecule has 6 aromatic heterocycles. The number of nitrogens with two attached hydrogens (primary N) is 1. The molecule has 2 fully saturated rings. The van der Waals surface area contributed by atoms with E-state index in [4.69, 9.17) is 29.4 Å². The number of aromatic nitrogens is 10. The molecule has 388 valence electrons. The highest BCUT2D eigenvalue weighted by Gasteiger charge is 2.29. The highest BCUT2D eigenvalue weighted by Crippen LogP contribution is 2.32. The first-order chi connectivity index (χ1) is 35.2. The van der Waals surface area contributed by atoms with Gasteiger partial charge in [0.15, 0.2) is 0 Å². The second kappa shape index (κ2) is 23.7. The van der Waals surface area contributed by atoms with Crippen LogP contribution in [0.4, 0.5) is 0 Å². The first-order valence-corrected chi connectivity index (χ1v) is 23.5. The standard InChI is InChI=1S/C25H27N7O4.C18H22N6O2.C7H7NO3.CH4/c1-15-19-6-4-17(12-21(19)31(2)29-15)23-28-25(36-30-23)16-8-10-32(11-9-16)22(33)14-27-24(34)20-7-5-18(35-3)13-26-20;1-11-14-4-3-13(9-15(14)23(2)21-11)17-20-18(26-22-17)12-5-7-24(8-6-12)16(25)10-19;1-11-5-2-3-6(7(9)10)8-4-5;/h4-7,12-13,16H,8-11,14H2,1-3H3,(H,27,34);3-4,9,12H,5-8,10,19H2,1-2H3;2-4H,1H3,(H,9,10);1H4. The van der Waals surface area contributed by atoms with Crippen molar-refractivity contribution < 1.29 is 42.8 Å². The van der Waals surface area contributed by atoms with Crippen LogP contribution in [-0.2, 0) is 23.7 Å². The number of ether oxygens (including phenoxy) is 2. The fraction of sp³-hybridized carbons (Fsp3) is 0.373. The van der Waals surface area contributed by atoms with E-state index in [-0.39, 0.29) is 55.6 Å². The zero-order valence-corrected chi connectivity index (χ0v) is 41.3. The Hall–Kier alpha value is -8.60. The molecule has 2 aliphatic rings. The number of hydrogen-bond donors (Lipinski definition) is 3. The monoisotopic (exact) mass is 1010 g/mol. The molecule has 10 rings (SSSR count). The quantitative estimate of drug-likeness (QED) is 0.144. The molecule has 0 radical (unpaired) electrons. The molecular weight excluding hydrogens is 953 g/mol. The van der Waals surface area contributed by atoms with Gasteiger partial charge in [-0.1, -0.05) is 42.0 Å². The van der Waals surface area contributed by atoms with Gasteiger partial charge in [-0.15, -0.1) is 0 Å². The van der Waals surface area contributed by atoms with E-state index in [1.165, 1.54) is 32.7 Å². The lowest BCUT2D eigenvalue weighted by Gasteiger charge is -2.30. The summed E-state index contributed by atoms with van der Waals surface area (Å²) >= 11 is 0. The van der Waals surface area contributed by atoms with Crippen molar-refractivity contribution in [2.45, 2.75) is 58.8 Å². The Morgan fingerprint density at radius 1 is 0.676 bits per heavy atom. The number of aryl methyl sites for hydroxylation is 4. The van der Waals surface area contributed by atoms with Crippen LogP contribution in [0.2, 0.25) is 0 Å². The number of likely N-dealkylation sites (tertiary alicyclic amines) is 2. The fourth-order valence-electron chi connectivity index (χ4n) is 8.69. The molecule has 0 atom stereocenters. The second-order valence-electron chi connectivity index (χ2n) is 17.5. The van der Waals surface area contributed by atoms with Gasteiger partial charge in [0.05, 0.1) is 62.1 Å². The fourth-order valence-corrected chi connectivity index (χ4v) is 8.69. The lowest BCUT2D eigenvalue weighted by Crippen LogP contribution is -2.43. The summed E-state index contributed by atoms with van der Waals surface area (Å²) < 4.78 is 24.6. The Labute approximate surface area is 426 Å². The predicted octanol–water partition coefficient (Wildman–Crippen LogP) is 5.49. The highest BCUT2D eigenvalue weighted by molar-refractivity contribution is 5.95. The molecule has 23 heteroatoms. The molecule has 8 aromatic rings. The number of rotatable bonds is 11. The van der Waals surface area contributed by atoms with Crippen molar-refractivity contribution in [1.29, 1.82) is 0 Å². The number of carboxylic acid groups (broad SMARTS) is 1. The molecule has 4 N–H and O–H groups in total. The number of fused-ring (bicyclic) bond motifs is 2. The summed E-state index contributed by atoms with van der Waals surface area (Å²) in [6, 6.07) is 18.2. The lowest BCUT2D eigenvalue weighted by atomic mass is 9.96. The van der Waals surface area contributed by atoms with E-state index >= 15 is 0 Å². The van der Waals surface area contributed by atoms with Crippen LogP contribution in [0.5, 0.6) is 11.5 Å². The van der Waals surface area contributed by atoms with Crippen molar-refractivity contribution in [3.05, 3.63) is 108 Å². The minimum atomic E-state index is -1.03. The van der Waals surface area contributed by atoms with Crippen molar-refractivity contribution >= 4 is 45.5 Å². The number of nitrogens with zero attached hydrogens (tertiary/aromatic N) is 12. The molecule has 23 nitrogen and oxygen atoms in total. The molecule has 0 aliphatic carbocycles. The number of benzene rings is 2. The molecule has 2 saturated heterocycles. The molecule has 8 heterocycles. The summed E-state index contributed by atoms with van der Waals surface area (Å²) in [5.74, 6) is 2.14. The van der Waals surface area contributed by atoms with E-state index in [9.17, 15) is 19.2 Å². The third-order valence-electron chi connectivity index (χ3n) is 12.8. The zero-order valence-electron chi connectivity index (χ0n) is 41.3. The molecule has 74 heavy (non-hydrogen) atoms. The first-order valence-electron chi connectivity index (χ1n) is 23.5. The van der Waals surface area contributed by atoms with Gasteiger partial charge >= 0.3 is 5.97 Å². The number of methoxy groups -OCH3 is 2. The topological polar surface area (TPSA) is 291 Å². The maximum atomic E-state index is 12.6. The van der Waals surface area contributed by atoms with Crippen molar-refractivity contribution in [1.82, 2.24) is 64.9 Å². The molecule has 3 amide bonds. The number of aromatic carboxylic acids is 1. The summed E-state index contributed by atoms with van der Waals surface area (Å²) in [4.78, 5) is 67.3. The van der Waals surface area contributed by atoms with E-state index in [0.717, 1.165) is 57.2 Å². The van der Waals surface area contributed by atoms with Crippen LogP contribution in [0.25, 0.3) is 44.6 Å². The predicted molar refractivity (Wildman–Crippen MR) is 271 cm³/mol. The minimum absolute atomic E-state index is 0. The third-order valence-corrected chi connectivity index (χ3v) is 12.8. The Morgan fingerprint density at radius 2 is 1.12 bits per heavy atom. The van der Waals surface area contributed by atoms with Crippen molar-refractivity contribution in [2.24, 2.45) is 19.8 Å². The molecule has 2 aliphatic heterocycles. The van der Waals surface area contributed by atoms with Gasteiger partial charge in [0.25, 0.3) is 5.91 Å². The number of carbonyl (C=O) groups excluding carboxylic acids is 3. The average molecular weight is 1010 g/mol. The molecule has 0 spiro atoms. The maximum absolute atomic E-state index is 12.6. The van der Waals surface area contributed by atoms with Gasteiger partial charge < -0.3 is 44.5 Å². The van der Waals surface area contributed by atoms with Gasteiger partial charge in [0, 0.05) is 74.0 Å². The van der Waals surface area contributed by atoms with Crippen LogP contribution >= 0.6 is 0 Å². The molecular formula is C51H60N14O9. The summed E-state index contributed by atoms with van der Waals surface area (Å²) in [7, 11) is 6.87.